The van der Waals surface area contributed by atoms with Crippen molar-refractivity contribution < 1.29 is 4.39 Å². The molecule has 2 aliphatic rings. The number of hydrogen-bond donors (Lipinski definition) is 0. The summed E-state index contributed by atoms with van der Waals surface area (Å²) >= 11 is 0. The Labute approximate surface area is 107 Å². The van der Waals surface area contributed by atoms with Gasteiger partial charge < -0.3 is 0 Å². The predicted octanol–water partition coefficient (Wildman–Crippen LogP) is 3.07. The van der Waals surface area contributed by atoms with Crippen molar-refractivity contribution >= 4 is 0 Å². The van der Waals surface area contributed by atoms with Gasteiger partial charge in [0.15, 0.2) is 0 Å². The first-order valence-electron chi connectivity index (χ1n) is 6.69. The van der Waals surface area contributed by atoms with E-state index in [4.69, 9.17) is 5.26 Å². The highest BCUT2D eigenvalue weighted by Gasteiger charge is 2.33. The van der Waals surface area contributed by atoms with Crippen LogP contribution in [0.15, 0.2) is 18.2 Å². The molecule has 0 spiro atoms. The third kappa shape index (κ3) is 2.70. The third-order valence-electron chi connectivity index (χ3n) is 3.80. The summed E-state index contributed by atoms with van der Waals surface area (Å²) in [7, 11) is 0. The number of nitriles is 1. The molecule has 2 saturated carbocycles. The van der Waals surface area contributed by atoms with Gasteiger partial charge in [0.25, 0.3) is 0 Å². The lowest BCUT2D eigenvalue weighted by atomic mass is 10.1. The van der Waals surface area contributed by atoms with E-state index in [1.165, 1.54) is 31.7 Å². The summed E-state index contributed by atoms with van der Waals surface area (Å²) in [5, 5.41) is 8.88. The normalized spacial score (nSPS) is 18.9. The molecule has 1 aromatic rings. The topological polar surface area (TPSA) is 27.0 Å². The Morgan fingerprint density at radius 3 is 2.67 bits per heavy atom. The fourth-order valence-electron chi connectivity index (χ4n) is 2.40. The zero-order valence-electron chi connectivity index (χ0n) is 10.4. The van der Waals surface area contributed by atoms with Crippen molar-refractivity contribution in [3.63, 3.8) is 0 Å². The van der Waals surface area contributed by atoms with E-state index in [0.717, 1.165) is 12.5 Å². The Kier molecular flexibility index (Phi) is 3.05. The second-order valence-electron chi connectivity index (χ2n) is 5.52. The molecule has 0 saturated heterocycles. The highest BCUT2D eigenvalue weighted by Crippen LogP contribution is 2.35. The van der Waals surface area contributed by atoms with Gasteiger partial charge in [0, 0.05) is 24.7 Å². The second kappa shape index (κ2) is 4.70. The number of nitrogens with zero attached hydrogens (tertiary/aromatic N) is 2. The quantitative estimate of drug-likeness (QED) is 0.796. The lowest BCUT2D eigenvalue weighted by Gasteiger charge is -2.22. The van der Waals surface area contributed by atoms with Gasteiger partial charge in [-0.25, -0.2) is 4.39 Å². The summed E-state index contributed by atoms with van der Waals surface area (Å²) in [6.45, 7) is 1.75. The maximum atomic E-state index is 13.8. The van der Waals surface area contributed by atoms with Crippen molar-refractivity contribution in [3.8, 4) is 6.07 Å². The van der Waals surface area contributed by atoms with Gasteiger partial charge in [-0.15, -0.1) is 0 Å². The highest BCUT2D eigenvalue weighted by molar-refractivity contribution is 5.33. The number of hydrogen-bond acceptors (Lipinski definition) is 2. The lowest BCUT2D eigenvalue weighted by molar-refractivity contribution is 0.241. The minimum atomic E-state index is -0.185. The van der Waals surface area contributed by atoms with E-state index >= 15 is 0 Å². The van der Waals surface area contributed by atoms with Crippen LogP contribution in [-0.2, 0) is 6.54 Å². The van der Waals surface area contributed by atoms with Crippen LogP contribution in [-0.4, -0.2) is 17.5 Å². The van der Waals surface area contributed by atoms with Crippen LogP contribution in [0.5, 0.6) is 0 Å². The SMILES string of the molecule is N#Cc1ccc(F)c(CN(CC2CC2)C2CC2)c1. The molecule has 0 aromatic heterocycles. The minimum Gasteiger partial charge on any atom is -0.296 e. The fourth-order valence-corrected chi connectivity index (χ4v) is 2.40. The molecule has 0 aliphatic heterocycles. The Morgan fingerprint density at radius 1 is 1.28 bits per heavy atom. The molecule has 18 heavy (non-hydrogen) atoms. The zero-order chi connectivity index (χ0) is 12.5. The predicted molar refractivity (Wildman–Crippen MR) is 67.3 cm³/mol. The first-order chi connectivity index (χ1) is 8.76. The molecule has 0 bridgehead atoms. The zero-order valence-corrected chi connectivity index (χ0v) is 10.4. The van der Waals surface area contributed by atoms with Crippen LogP contribution in [0.2, 0.25) is 0 Å². The van der Waals surface area contributed by atoms with Crippen LogP contribution >= 0.6 is 0 Å². The third-order valence-corrected chi connectivity index (χ3v) is 3.80. The molecule has 3 heteroatoms. The van der Waals surface area contributed by atoms with E-state index in [0.29, 0.717) is 23.7 Å². The molecule has 2 aliphatic carbocycles. The van der Waals surface area contributed by atoms with E-state index in [2.05, 4.69) is 11.0 Å². The Bertz CT molecular complexity index is 484. The van der Waals surface area contributed by atoms with Gasteiger partial charge >= 0.3 is 0 Å². The van der Waals surface area contributed by atoms with Crippen molar-refractivity contribution in [2.75, 3.05) is 6.54 Å². The van der Waals surface area contributed by atoms with Crippen molar-refractivity contribution in [2.45, 2.75) is 38.3 Å². The van der Waals surface area contributed by atoms with Crippen LogP contribution in [0, 0.1) is 23.1 Å². The van der Waals surface area contributed by atoms with Crippen molar-refractivity contribution in [3.05, 3.63) is 35.1 Å². The van der Waals surface area contributed by atoms with Gasteiger partial charge in [-0.3, -0.25) is 4.90 Å². The van der Waals surface area contributed by atoms with Gasteiger partial charge in [0.2, 0.25) is 0 Å². The average molecular weight is 244 g/mol. The molecular formula is C15H17FN2. The molecule has 3 rings (SSSR count). The van der Waals surface area contributed by atoms with Crippen molar-refractivity contribution in [2.24, 2.45) is 5.92 Å². The molecule has 94 valence electrons. The molecule has 0 unspecified atom stereocenters. The van der Waals surface area contributed by atoms with Gasteiger partial charge in [-0.2, -0.15) is 5.26 Å². The number of rotatable bonds is 5. The Hall–Kier alpha value is -1.40. The van der Waals surface area contributed by atoms with Crippen molar-refractivity contribution in [1.29, 1.82) is 5.26 Å². The smallest absolute Gasteiger partial charge is 0.127 e. The monoisotopic (exact) mass is 244 g/mol. The van der Waals surface area contributed by atoms with Crippen LogP contribution in [0.4, 0.5) is 4.39 Å². The van der Waals surface area contributed by atoms with Gasteiger partial charge in [-0.05, 0) is 49.8 Å². The van der Waals surface area contributed by atoms with Gasteiger partial charge in [-0.1, -0.05) is 0 Å². The van der Waals surface area contributed by atoms with E-state index in [1.807, 2.05) is 0 Å². The summed E-state index contributed by atoms with van der Waals surface area (Å²) in [6, 6.07) is 7.38. The Balaban J connectivity index is 1.74. The number of benzene rings is 1. The highest BCUT2D eigenvalue weighted by atomic mass is 19.1. The van der Waals surface area contributed by atoms with E-state index in [9.17, 15) is 4.39 Å². The summed E-state index contributed by atoms with van der Waals surface area (Å²) in [4.78, 5) is 2.40. The maximum Gasteiger partial charge on any atom is 0.127 e. The van der Waals surface area contributed by atoms with E-state index in [1.54, 1.807) is 12.1 Å². The summed E-state index contributed by atoms with van der Waals surface area (Å²) in [6.07, 6.45) is 5.13. The summed E-state index contributed by atoms with van der Waals surface area (Å²) in [5.74, 6) is 0.642. The molecule has 0 radical (unpaired) electrons. The lowest BCUT2D eigenvalue weighted by Crippen LogP contribution is -2.28. The molecule has 0 N–H and O–H groups in total. The molecule has 2 nitrogen and oxygen atoms in total. The van der Waals surface area contributed by atoms with Crippen LogP contribution < -0.4 is 0 Å². The standard InChI is InChI=1S/C15H17FN2/c16-15-6-3-12(8-17)7-13(15)10-18(14-4-5-14)9-11-1-2-11/h3,6-7,11,14H,1-2,4-5,9-10H2. The average Bonchev–Trinajstić information content (AvgIpc) is 3.24. The largest absolute Gasteiger partial charge is 0.296 e. The maximum absolute atomic E-state index is 13.8. The summed E-state index contributed by atoms with van der Waals surface area (Å²) in [5.41, 5.74) is 1.22. The first-order valence-corrected chi connectivity index (χ1v) is 6.69. The Morgan fingerprint density at radius 2 is 2.06 bits per heavy atom. The van der Waals surface area contributed by atoms with Gasteiger partial charge in [0.1, 0.15) is 5.82 Å². The van der Waals surface area contributed by atoms with Crippen molar-refractivity contribution in [1.82, 2.24) is 4.90 Å². The molecule has 2 fully saturated rings. The molecule has 1 aromatic carbocycles. The van der Waals surface area contributed by atoms with Crippen LogP contribution in [0.25, 0.3) is 0 Å². The molecule has 0 heterocycles. The van der Waals surface area contributed by atoms with E-state index in [-0.39, 0.29) is 5.82 Å². The molecule has 0 amide bonds. The van der Waals surface area contributed by atoms with E-state index < -0.39 is 0 Å². The fraction of sp³-hybridized carbons (Fsp3) is 0.533. The van der Waals surface area contributed by atoms with Crippen LogP contribution in [0.1, 0.15) is 36.8 Å². The first kappa shape index (κ1) is 11.7. The molecular weight excluding hydrogens is 227 g/mol. The van der Waals surface area contributed by atoms with Gasteiger partial charge in [0.05, 0.1) is 11.6 Å². The number of halogens is 1. The second-order valence-corrected chi connectivity index (χ2v) is 5.52. The van der Waals surface area contributed by atoms with Crippen LogP contribution in [0.3, 0.4) is 0 Å². The summed E-state index contributed by atoms with van der Waals surface area (Å²) < 4.78 is 13.8. The minimum absolute atomic E-state index is 0.185. The molecule has 0 atom stereocenters.